The van der Waals surface area contributed by atoms with E-state index in [9.17, 15) is 10.1 Å². The molecule has 64 valence electrons. The maximum absolute atomic E-state index is 10.2. The van der Waals surface area contributed by atoms with Crippen LogP contribution in [-0.4, -0.2) is 10.8 Å². The summed E-state index contributed by atoms with van der Waals surface area (Å²) in [4.78, 5) is 9.84. The first-order valence-corrected chi connectivity index (χ1v) is 4.07. The summed E-state index contributed by atoms with van der Waals surface area (Å²) in [5.41, 5.74) is 1.14. The molecule has 0 aromatic heterocycles. The van der Waals surface area contributed by atoms with Crippen LogP contribution in [0.25, 0.3) is 0 Å². The minimum atomic E-state index is -0.412. The molecule has 0 heterocycles. The fourth-order valence-electron chi connectivity index (χ4n) is 0.893. The van der Waals surface area contributed by atoms with Crippen molar-refractivity contribution in [2.45, 2.75) is 6.42 Å². The normalized spacial score (nSPS) is 9.75. The van der Waals surface area contributed by atoms with Gasteiger partial charge < -0.3 is 0 Å². The van der Waals surface area contributed by atoms with E-state index in [2.05, 4.69) is 0 Å². The Balaban J connectivity index is 2.78. The summed E-state index contributed by atoms with van der Waals surface area (Å²) in [6.07, 6.45) is 0.750. The average Bonchev–Trinajstić information content (AvgIpc) is 2.06. The number of hydrogen-bond donors (Lipinski definition) is 0. The van der Waals surface area contributed by atoms with Gasteiger partial charge in [0.2, 0.25) is 0 Å². The molecule has 3 nitrogen and oxygen atoms in total. The molecule has 0 spiro atoms. The van der Waals surface area contributed by atoms with Crippen molar-refractivity contribution in [3.8, 4) is 0 Å². The summed E-state index contributed by atoms with van der Waals surface area (Å²) in [6.45, 7) is 0. The third-order valence-corrected chi connectivity index (χ3v) is 1.72. The molecule has 0 aliphatic carbocycles. The lowest BCUT2D eigenvalue weighted by Gasteiger charge is -1.95. The lowest BCUT2D eigenvalue weighted by Crippen LogP contribution is -1.89. The minimum absolute atomic E-state index is 0.119. The van der Waals surface area contributed by atoms with Crippen LogP contribution in [0, 0.1) is 10.1 Å². The van der Waals surface area contributed by atoms with E-state index in [-0.39, 0.29) is 5.69 Å². The van der Waals surface area contributed by atoms with E-state index >= 15 is 0 Å². The molecule has 0 aliphatic heterocycles. The Bertz CT molecular complexity index is 271. The molecule has 4 heteroatoms. The Morgan fingerprint density at radius 2 is 1.92 bits per heavy atom. The summed E-state index contributed by atoms with van der Waals surface area (Å²) in [7, 11) is 0. The molecular formula is C8H8ClNO2. The zero-order chi connectivity index (χ0) is 8.97. The van der Waals surface area contributed by atoms with Crippen LogP contribution >= 0.6 is 11.6 Å². The highest BCUT2D eigenvalue weighted by Gasteiger charge is 2.02. The van der Waals surface area contributed by atoms with Crippen LogP contribution in [0.15, 0.2) is 24.3 Å². The lowest BCUT2D eigenvalue weighted by molar-refractivity contribution is -0.384. The van der Waals surface area contributed by atoms with Gasteiger partial charge in [-0.15, -0.1) is 11.6 Å². The van der Waals surface area contributed by atoms with Gasteiger partial charge in [-0.25, -0.2) is 0 Å². The van der Waals surface area contributed by atoms with E-state index in [1.807, 2.05) is 0 Å². The summed E-state index contributed by atoms with van der Waals surface area (Å²) in [6, 6.07) is 6.42. The van der Waals surface area contributed by atoms with Crippen molar-refractivity contribution < 1.29 is 4.92 Å². The molecular weight excluding hydrogens is 178 g/mol. The van der Waals surface area contributed by atoms with Gasteiger partial charge in [0, 0.05) is 18.0 Å². The number of alkyl halides is 1. The third kappa shape index (κ3) is 2.20. The van der Waals surface area contributed by atoms with Crippen LogP contribution in [-0.2, 0) is 6.42 Å². The first-order chi connectivity index (χ1) is 5.74. The lowest BCUT2D eigenvalue weighted by atomic mass is 10.1. The summed E-state index contributed by atoms with van der Waals surface area (Å²) in [5.74, 6) is 0.539. The van der Waals surface area contributed by atoms with E-state index in [0.29, 0.717) is 5.88 Å². The molecule has 0 amide bonds. The van der Waals surface area contributed by atoms with Crippen LogP contribution in [0.4, 0.5) is 5.69 Å². The predicted molar refractivity (Wildman–Crippen MR) is 47.5 cm³/mol. The number of nitro benzene ring substituents is 1. The van der Waals surface area contributed by atoms with Crippen molar-refractivity contribution in [1.82, 2.24) is 0 Å². The molecule has 0 atom stereocenters. The van der Waals surface area contributed by atoms with Crippen molar-refractivity contribution >= 4 is 17.3 Å². The van der Waals surface area contributed by atoms with Gasteiger partial charge in [0.05, 0.1) is 4.92 Å². The molecule has 0 fully saturated rings. The highest BCUT2D eigenvalue weighted by atomic mass is 35.5. The summed E-state index contributed by atoms with van der Waals surface area (Å²) < 4.78 is 0. The van der Waals surface area contributed by atoms with Crippen molar-refractivity contribution in [2.24, 2.45) is 0 Å². The smallest absolute Gasteiger partial charge is 0.258 e. The second-order valence-electron chi connectivity index (χ2n) is 2.36. The highest BCUT2D eigenvalue weighted by Crippen LogP contribution is 2.12. The van der Waals surface area contributed by atoms with E-state index in [0.717, 1.165) is 12.0 Å². The monoisotopic (exact) mass is 185 g/mol. The Kier molecular flexibility index (Phi) is 3.05. The highest BCUT2D eigenvalue weighted by molar-refractivity contribution is 6.17. The van der Waals surface area contributed by atoms with Gasteiger partial charge in [-0.05, 0) is 12.0 Å². The fourth-order valence-corrected chi connectivity index (χ4v) is 1.11. The summed E-state index contributed by atoms with van der Waals surface area (Å²) >= 11 is 5.50. The van der Waals surface area contributed by atoms with Gasteiger partial charge in [0.25, 0.3) is 5.69 Å². The number of benzene rings is 1. The SMILES string of the molecule is O=[N+]([O-])c1ccc(CCCl)cc1. The van der Waals surface area contributed by atoms with Gasteiger partial charge in [0.1, 0.15) is 0 Å². The van der Waals surface area contributed by atoms with Crippen LogP contribution in [0.5, 0.6) is 0 Å². The molecule has 1 aromatic carbocycles. The molecule has 1 rings (SSSR count). The topological polar surface area (TPSA) is 43.1 Å². The zero-order valence-corrected chi connectivity index (χ0v) is 7.12. The first-order valence-electron chi connectivity index (χ1n) is 3.53. The average molecular weight is 186 g/mol. The number of halogens is 1. The molecule has 0 saturated carbocycles. The van der Waals surface area contributed by atoms with Crippen LogP contribution in [0.2, 0.25) is 0 Å². The number of nitro groups is 1. The van der Waals surface area contributed by atoms with Crippen LogP contribution in [0.3, 0.4) is 0 Å². The van der Waals surface area contributed by atoms with Gasteiger partial charge in [0.15, 0.2) is 0 Å². The molecule has 0 unspecified atom stereocenters. The van der Waals surface area contributed by atoms with Gasteiger partial charge in [-0.1, -0.05) is 12.1 Å². The molecule has 0 radical (unpaired) electrons. The first kappa shape index (κ1) is 9.00. The fraction of sp³-hybridized carbons (Fsp3) is 0.250. The van der Waals surface area contributed by atoms with Gasteiger partial charge >= 0.3 is 0 Å². The second kappa shape index (κ2) is 4.07. The van der Waals surface area contributed by atoms with Gasteiger partial charge in [-0.2, -0.15) is 0 Å². The maximum atomic E-state index is 10.2. The Hall–Kier alpha value is -1.09. The van der Waals surface area contributed by atoms with Gasteiger partial charge in [-0.3, -0.25) is 10.1 Å². The second-order valence-corrected chi connectivity index (χ2v) is 2.74. The quantitative estimate of drug-likeness (QED) is 0.412. The Labute approximate surface area is 75.1 Å². The van der Waals surface area contributed by atoms with Crippen molar-refractivity contribution in [3.63, 3.8) is 0 Å². The van der Waals surface area contributed by atoms with E-state index in [1.165, 1.54) is 12.1 Å². The molecule has 12 heavy (non-hydrogen) atoms. The standard InChI is InChI=1S/C8H8ClNO2/c9-6-5-7-1-3-8(4-2-7)10(11)12/h1-4H,5-6H2. The number of nitrogens with zero attached hydrogens (tertiary/aromatic N) is 1. The molecule has 0 saturated heterocycles. The van der Waals surface area contributed by atoms with Crippen molar-refractivity contribution in [3.05, 3.63) is 39.9 Å². The maximum Gasteiger partial charge on any atom is 0.269 e. The number of rotatable bonds is 3. The largest absolute Gasteiger partial charge is 0.269 e. The Morgan fingerprint density at radius 3 is 2.33 bits per heavy atom. The Morgan fingerprint density at radius 1 is 1.33 bits per heavy atom. The minimum Gasteiger partial charge on any atom is -0.258 e. The van der Waals surface area contributed by atoms with Crippen LogP contribution < -0.4 is 0 Å². The molecule has 0 aliphatic rings. The van der Waals surface area contributed by atoms with Crippen molar-refractivity contribution in [1.29, 1.82) is 0 Å². The van der Waals surface area contributed by atoms with E-state index in [1.54, 1.807) is 12.1 Å². The zero-order valence-electron chi connectivity index (χ0n) is 6.37. The number of hydrogen-bond acceptors (Lipinski definition) is 2. The number of non-ortho nitro benzene ring substituents is 1. The summed E-state index contributed by atoms with van der Waals surface area (Å²) in [5, 5.41) is 10.2. The van der Waals surface area contributed by atoms with Crippen LogP contribution in [0.1, 0.15) is 5.56 Å². The molecule has 1 aromatic rings. The third-order valence-electron chi connectivity index (χ3n) is 1.53. The van der Waals surface area contributed by atoms with Crippen molar-refractivity contribution in [2.75, 3.05) is 5.88 Å². The number of aryl methyl sites for hydroxylation is 1. The molecule has 0 N–H and O–H groups in total. The predicted octanol–water partition coefficient (Wildman–Crippen LogP) is 2.38. The van der Waals surface area contributed by atoms with E-state index in [4.69, 9.17) is 11.6 Å². The molecule has 0 bridgehead atoms. The van der Waals surface area contributed by atoms with E-state index < -0.39 is 4.92 Å².